The first kappa shape index (κ1) is 15.5. The number of fused-ring (bicyclic) bond motifs is 1. The van der Waals surface area contributed by atoms with Crippen LogP contribution in [0, 0.1) is 0 Å². The van der Waals surface area contributed by atoms with Crippen LogP contribution in [0.5, 0.6) is 0 Å². The van der Waals surface area contributed by atoms with Gasteiger partial charge in [0.1, 0.15) is 0 Å². The minimum Gasteiger partial charge on any atom is -0.331 e. The topological polar surface area (TPSA) is 101 Å². The molecule has 1 aliphatic rings. The maximum absolute atomic E-state index is 12.1. The molecule has 0 radical (unpaired) electrons. The molecule has 7 heteroatoms. The Hall–Kier alpha value is -2.38. The van der Waals surface area contributed by atoms with Crippen LogP contribution in [0.1, 0.15) is 23.6 Å². The molecule has 4 N–H and O–H groups in total. The summed E-state index contributed by atoms with van der Waals surface area (Å²) in [5, 5.41) is 10.7. The third-order valence-corrected chi connectivity index (χ3v) is 4.81. The van der Waals surface area contributed by atoms with Gasteiger partial charge in [0.15, 0.2) is 0 Å². The number of amides is 2. The Kier molecular flexibility index (Phi) is 4.06. The van der Waals surface area contributed by atoms with Crippen molar-refractivity contribution in [3.63, 3.8) is 0 Å². The van der Waals surface area contributed by atoms with Crippen LogP contribution in [0.25, 0.3) is 0 Å². The predicted molar refractivity (Wildman–Crippen MR) is 87.5 cm³/mol. The van der Waals surface area contributed by atoms with Crippen molar-refractivity contribution in [3.8, 4) is 0 Å². The van der Waals surface area contributed by atoms with E-state index in [-0.39, 0.29) is 17.0 Å². The lowest BCUT2D eigenvalue weighted by Crippen LogP contribution is -2.31. The summed E-state index contributed by atoms with van der Waals surface area (Å²) in [6, 6.07) is 13.4. The molecule has 0 heterocycles. The second-order valence-electron chi connectivity index (χ2n) is 5.46. The van der Waals surface area contributed by atoms with E-state index in [0.717, 1.165) is 18.4 Å². The highest BCUT2D eigenvalue weighted by atomic mass is 32.2. The molecule has 120 valence electrons. The van der Waals surface area contributed by atoms with Gasteiger partial charge in [-0.15, -0.1) is 0 Å². The van der Waals surface area contributed by atoms with Gasteiger partial charge in [-0.05, 0) is 48.2 Å². The van der Waals surface area contributed by atoms with E-state index in [2.05, 4.69) is 16.7 Å². The van der Waals surface area contributed by atoms with Crippen molar-refractivity contribution in [2.75, 3.05) is 5.32 Å². The first-order chi connectivity index (χ1) is 10.9. The predicted octanol–water partition coefficient (Wildman–Crippen LogP) is 2.14. The normalized spacial score (nSPS) is 16.7. The number of hydrogen-bond donors (Lipinski definition) is 3. The molecule has 2 aromatic carbocycles. The number of carbonyl (C=O) groups is 1. The Morgan fingerprint density at radius 3 is 2.48 bits per heavy atom. The minimum absolute atomic E-state index is 0.00473. The van der Waals surface area contributed by atoms with E-state index in [1.54, 1.807) is 0 Å². The van der Waals surface area contributed by atoms with Gasteiger partial charge in [0.25, 0.3) is 0 Å². The van der Waals surface area contributed by atoms with Gasteiger partial charge in [0.2, 0.25) is 10.0 Å². The number of nitrogens with one attached hydrogen (secondary N) is 2. The third kappa shape index (κ3) is 3.52. The summed E-state index contributed by atoms with van der Waals surface area (Å²) in [6.45, 7) is 0. The van der Waals surface area contributed by atoms with E-state index >= 15 is 0 Å². The van der Waals surface area contributed by atoms with Gasteiger partial charge < -0.3 is 10.6 Å². The monoisotopic (exact) mass is 331 g/mol. The first-order valence-corrected chi connectivity index (χ1v) is 8.76. The van der Waals surface area contributed by atoms with E-state index in [1.807, 2.05) is 18.2 Å². The van der Waals surface area contributed by atoms with Gasteiger partial charge in [0.05, 0.1) is 10.9 Å². The molecule has 0 aromatic heterocycles. The molecule has 0 saturated heterocycles. The summed E-state index contributed by atoms with van der Waals surface area (Å²) in [5.41, 5.74) is 2.91. The summed E-state index contributed by atoms with van der Waals surface area (Å²) >= 11 is 0. The lowest BCUT2D eigenvalue weighted by atomic mass is 10.1. The Bertz CT molecular complexity index is 832. The zero-order valence-electron chi connectivity index (χ0n) is 12.3. The van der Waals surface area contributed by atoms with Crippen LogP contribution in [-0.4, -0.2) is 14.4 Å². The molecule has 1 aliphatic carbocycles. The maximum Gasteiger partial charge on any atom is 0.319 e. The molecular weight excluding hydrogens is 314 g/mol. The molecule has 0 saturated carbocycles. The van der Waals surface area contributed by atoms with Crippen molar-refractivity contribution in [1.82, 2.24) is 5.32 Å². The Labute approximate surface area is 134 Å². The number of nitrogens with two attached hydrogens (primary N) is 1. The Morgan fingerprint density at radius 1 is 1.09 bits per heavy atom. The largest absolute Gasteiger partial charge is 0.331 e. The number of carbonyl (C=O) groups excluding carboxylic acids is 1. The molecule has 0 spiro atoms. The van der Waals surface area contributed by atoms with Gasteiger partial charge in [-0.25, -0.2) is 18.4 Å². The van der Waals surface area contributed by atoms with E-state index in [4.69, 9.17) is 5.14 Å². The molecule has 6 nitrogen and oxygen atoms in total. The lowest BCUT2D eigenvalue weighted by Gasteiger charge is -2.15. The minimum atomic E-state index is -3.73. The Morgan fingerprint density at radius 2 is 1.78 bits per heavy atom. The molecule has 23 heavy (non-hydrogen) atoms. The molecule has 2 amide bonds. The lowest BCUT2D eigenvalue weighted by molar-refractivity contribution is 0.248. The quantitative estimate of drug-likeness (QED) is 0.803. The summed E-state index contributed by atoms with van der Waals surface area (Å²) in [7, 11) is -3.73. The number of aryl methyl sites for hydroxylation is 1. The zero-order valence-corrected chi connectivity index (χ0v) is 13.1. The van der Waals surface area contributed by atoms with Crippen molar-refractivity contribution in [2.45, 2.75) is 23.8 Å². The van der Waals surface area contributed by atoms with Crippen LogP contribution in [-0.2, 0) is 16.4 Å². The van der Waals surface area contributed by atoms with Crippen LogP contribution in [0.3, 0.4) is 0 Å². The van der Waals surface area contributed by atoms with Gasteiger partial charge in [0, 0.05) is 5.69 Å². The molecule has 0 aliphatic heterocycles. The molecule has 2 aromatic rings. The summed E-state index contributed by atoms with van der Waals surface area (Å²) < 4.78 is 22.4. The van der Waals surface area contributed by atoms with Crippen LogP contribution >= 0.6 is 0 Å². The second kappa shape index (κ2) is 6.02. The smallest absolute Gasteiger partial charge is 0.319 e. The number of rotatable bonds is 3. The van der Waals surface area contributed by atoms with Crippen molar-refractivity contribution in [1.29, 1.82) is 0 Å². The number of primary sulfonamides is 1. The highest BCUT2D eigenvalue weighted by Crippen LogP contribution is 2.30. The van der Waals surface area contributed by atoms with Crippen molar-refractivity contribution < 1.29 is 13.2 Å². The van der Waals surface area contributed by atoms with Crippen LogP contribution in [0.4, 0.5) is 10.5 Å². The summed E-state index contributed by atoms with van der Waals surface area (Å²) in [5.74, 6) is 0. The van der Waals surface area contributed by atoms with Gasteiger partial charge in [-0.2, -0.15) is 0 Å². The fourth-order valence-corrected chi connectivity index (χ4v) is 3.28. The maximum atomic E-state index is 12.1. The van der Waals surface area contributed by atoms with E-state index in [9.17, 15) is 13.2 Å². The number of urea groups is 1. The highest BCUT2D eigenvalue weighted by Gasteiger charge is 2.23. The fraction of sp³-hybridized carbons (Fsp3) is 0.188. The van der Waals surface area contributed by atoms with Crippen molar-refractivity contribution in [3.05, 3.63) is 59.7 Å². The van der Waals surface area contributed by atoms with Crippen LogP contribution in [0.2, 0.25) is 0 Å². The van der Waals surface area contributed by atoms with Gasteiger partial charge >= 0.3 is 6.03 Å². The van der Waals surface area contributed by atoms with Gasteiger partial charge in [-0.3, -0.25) is 0 Å². The SMILES string of the molecule is NS(=O)(=O)c1ccc(NC(=O)NC2CCc3ccccc32)cc1. The summed E-state index contributed by atoms with van der Waals surface area (Å²) in [6.07, 6.45) is 1.82. The average molecular weight is 331 g/mol. The fourth-order valence-electron chi connectivity index (χ4n) is 2.76. The average Bonchev–Trinajstić information content (AvgIpc) is 2.90. The number of anilines is 1. The molecule has 1 unspecified atom stereocenters. The Balaban J connectivity index is 1.64. The zero-order chi connectivity index (χ0) is 16.4. The molecular formula is C16H17N3O3S. The van der Waals surface area contributed by atoms with Crippen LogP contribution < -0.4 is 15.8 Å². The molecule has 0 bridgehead atoms. The third-order valence-electron chi connectivity index (χ3n) is 3.88. The standard InChI is InChI=1S/C16H17N3O3S/c17-23(21,22)13-8-6-12(7-9-13)18-16(20)19-15-10-5-11-3-1-2-4-14(11)15/h1-4,6-9,15H,5,10H2,(H2,17,21,22)(H2,18,19,20). The number of hydrogen-bond acceptors (Lipinski definition) is 3. The van der Waals surface area contributed by atoms with Crippen molar-refractivity contribution in [2.24, 2.45) is 5.14 Å². The second-order valence-corrected chi connectivity index (χ2v) is 7.02. The van der Waals surface area contributed by atoms with E-state index in [1.165, 1.54) is 29.8 Å². The first-order valence-electron chi connectivity index (χ1n) is 7.22. The highest BCUT2D eigenvalue weighted by molar-refractivity contribution is 7.89. The van der Waals surface area contributed by atoms with E-state index in [0.29, 0.717) is 5.69 Å². The van der Waals surface area contributed by atoms with Crippen molar-refractivity contribution >= 4 is 21.7 Å². The van der Waals surface area contributed by atoms with Crippen LogP contribution in [0.15, 0.2) is 53.4 Å². The molecule has 0 fully saturated rings. The number of benzene rings is 2. The van der Waals surface area contributed by atoms with Gasteiger partial charge in [-0.1, -0.05) is 24.3 Å². The molecule has 3 rings (SSSR count). The van der Waals surface area contributed by atoms with E-state index < -0.39 is 10.0 Å². The number of sulfonamides is 1. The summed E-state index contributed by atoms with van der Waals surface area (Å²) in [4.78, 5) is 12.1. The molecule has 1 atom stereocenters.